The Morgan fingerprint density at radius 3 is 2.56 bits per heavy atom. The van der Waals surface area contributed by atoms with Gasteiger partial charge in [0.1, 0.15) is 0 Å². The molecule has 1 aromatic rings. The topological polar surface area (TPSA) is 32.3 Å². The van der Waals surface area contributed by atoms with Gasteiger partial charge in [-0.2, -0.15) is 0 Å². The molecule has 0 bridgehead atoms. The molecule has 0 heterocycles. The molecule has 0 unspecified atom stereocenters. The second kappa shape index (κ2) is 5.53. The first-order valence-electron chi connectivity index (χ1n) is 6.63. The Morgan fingerprint density at radius 1 is 1.39 bits per heavy atom. The van der Waals surface area contributed by atoms with E-state index in [2.05, 4.69) is 43.4 Å². The fourth-order valence-electron chi connectivity index (χ4n) is 2.00. The van der Waals surface area contributed by atoms with E-state index < -0.39 is 0 Å². The van der Waals surface area contributed by atoms with Crippen molar-refractivity contribution in [1.82, 2.24) is 10.2 Å². The van der Waals surface area contributed by atoms with Crippen molar-refractivity contribution in [3.63, 3.8) is 0 Å². The third-order valence-corrected chi connectivity index (χ3v) is 3.62. The molecule has 1 aliphatic carbocycles. The van der Waals surface area contributed by atoms with Crippen LogP contribution in [0.15, 0.2) is 24.3 Å². The Balaban J connectivity index is 1.82. The summed E-state index contributed by atoms with van der Waals surface area (Å²) in [5, 5.41) is 3.29. The number of carbonyl (C=O) groups is 1. The second-order valence-corrected chi connectivity index (χ2v) is 5.25. The summed E-state index contributed by atoms with van der Waals surface area (Å²) in [5.41, 5.74) is 2.48. The number of hydrogen-bond acceptors (Lipinski definition) is 2. The molecule has 1 saturated carbocycles. The van der Waals surface area contributed by atoms with Crippen LogP contribution in [0.25, 0.3) is 0 Å². The summed E-state index contributed by atoms with van der Waals surface area (Å²) in [4.78, 5) is 13.7. The van der Waals surface area contributed by atoms with Gasteiger partial charge in [0.25, 0.3) is 0 Å². The first-order chi connectivity index (χ1) is 8.58. The molecular weight excluding hydrogens is 224 g/mol. The van der Waals surface area contributed by atoms with Gasteiger partial charge < -0.3 is 10.2 Å². The highest BCUT2D eigenvalue weighted by molar-refractivity contribution is 5.78. The maximum atomic E-state index is 11.9. The van der Waals surface area contributed by atoms with E-state index in [1.807, 2.05) is 11.9 Å². The lowest BCUT2D eigenvalue weighted by molar-refractivity contribution is -0.129. The first kappa shape index (κ1) is 13.1. The molecule has 2 rings (SSSR count). The van der Waals surface area contributed by atoms with Crippen molar-refractivity contribution in [2.75, 3.05) is 13.6 Å². The van der Waals surface area contributed by atoms with Gasteiger partial charge in [0.15, 0.2) is 0 Å². The van der Waals surface area contributed by atoms with Gasteiger partial charge in [-0.05, 0) is 32.3 Å². The molecule has 0 aromatic heterocycles. The maximum absolute atomic E-state index is 11.9. The summed E-state index contributed by atoms with van der Waals surface area (Å²) < 4.78 is 0. The van der Waals surface area contributed by atoms with Crippen molar-refractivity contribution in [1.29, 1.82) is 0 Å². The van der Waals surface area contributed by atoms with Gasteiger partial charge in [-0.25, -0.2) is 0 Å². The van der Waals surface area contributed by atoms with E-state index in [1.54, 1.807) is 0 Å². The van der Waals surface area contributed by atoms with E-state index in [-0.39, 0.29) is 11.9 Å². The molecule has 18 heavy (non-hydrogen) atoms. The normalized spacial score (nSPS) is 16.4. The maximum Gasteiger partial charge on any atom is 0.236 e. The lowest BCUT2D eigenvalue weighted by Gasteiger charge is -2.19. The number of amides is 1. The zero-order valence-corrected chi connectivity index (χ0v) is 11.4. The van der Waals surface area contributed by atoms with Crippen molar-refractivity contribution < 1.29 is 4.79 Å². The van der Waals surface area contributed by atoms with Crippen molar-refractivity contribution >= 4 is 5.91 Å². The molecule has 0 aliphatic heterocycles. The van der Waals surface area contributed by atoms with E-state index in [0.29, 0.717) is 12.6 Å². The minimum atomic E-state index is 0.191. The quantitative estimate of drug-likeness (QED) is 0.864. The van der Waals surface area contributed by atoms with Crippen LogP contribution in [0.5, 0.6) is 0 Å². The zero-order chi connectivity index (χ0) is 13.1. The molecule has 1 atom stereocenters. The van der Waals surface area contributed by atoms with Crippen LogP contribution in [-0.4, -0.2) is 30.4 Å². The number of rotatable bonds is 5. The molecule has 1 aromatic carbocycles. The van der Waals surface area contributed by atoms with Crippen LogP contribution >= 0.6 is 0 Å². The Kier molecular flexibility index (Phi) is 4.02. The van der Waals surface area contributed by atoms with Gasteiger partial charge >= 0.3 is 0 Å². The van der Waals surface area contributed by atoms with Crippen LogP contribution in [0.3, 0.4) is 0 Å². The third-order valence-electron chi connectivity index (χ3n) is 3.62. The van der Waals surface area contributed by atoms with Gasteiger partial charge in [-0.1, -0.05) is 29.8 Å². The zero-order valence-electron chi connectivity index (χ0n) is 11.4. The summed E-state index contributed by atoms with van der Waals surface area (Å²) in [6.07, 6.45) is 2.32. The number of carbonyl (C=O) groups excluding carboxylic acids is 1. The van der Waals surface area contributed by atoms with E-state index >= 15 is 0 Å². The predicted molar refractivity (Wildman–Crippen MR) is 73.4 cm³/mol. The Morgan fingerprint density at radius 2 is 2.00 bits per heavy atom. The van der Waals surface area contributed by atoms with E-state index in [1.165, 1.54) is 11.1 Å². The average molecular weight is 246 g/mol. The van der Waals surface area contributed by atoms with Crippen molar-refractivity contribution in [2.45, 2.75) is 38.8 Å². The number of hydrogen-bond donors (Lipinski definition) is 1. The summed E-state index contributed by atoms with van der Waals surface area (Å²) in [6, 6.07) is 9.14. The summed E-state index contributed by atoms with van der Waals surface area (Å²) >= 11 is 0. The predicted octanol–water partition coefficient (Wildman–Crippen LogP) is 2.27. The average Bonchev–Trinajstić information content (AvgIpc) is 3.19. The monoisotopic (exact) mass is 246 g/mol. The minimum Gasteiger partial charge on any atom is -0.342 e. The summed E-state index contributed by atoms with van der Waals surface area (Å²) in [6.45, 7) is 4.59. The molecule has 1 aliphatic rings. The molecule has 1 N–H and O–H groups in total. The van der Waals surface area contributed by atoms with Crippen LogP contribution in [0.1, 0.15) is 36.9 Å². The van der Waals surface area contributed by atoms with Crippen LogP contribution < -0.4 is 5.32 Å². The number of nitrogens with one attached hydrogen (secondary N) is 1. The van der Waals surface area contributed by atoms with Gasteiger partial charge in [-0.3, -0.25) is 4.79 Å². The van der Waals surface area contributed by atoms with E-state index in [9.17, 15) is 4.79 Å². The number of benzene rings is 1. The second-order valence-electron chi connectivity index (χ2n) is 5.25. The number of aryl methyl sites for hydroxylation is 1. The standard InChI is InChI=1S/C15H22N2O/c1-11-4-6-13(7-5-11)12(2)16-10-15(18)17(3)14-8-9-14/h4-7,12,14,16H,8-10H2,1-3H3/t12-/m0/s1. The van der Waals surface area contributed by atoms with Crippen LogP contribution in [-0.2, 0) is 4.79 Å². The molecule has 0 radical (unpaired) electrons. The lowest BCUT2D eigenvalue weighted by Crippen LogP contribution is -2.37. The van der Waals surface area contributed by atoms with Gasteiger partial charge in [0, 0.05) is 19.1 Å². The number of nitrogens with zero attached hydrogens (tertiary/aromatic N) is 1. The van der Waals surface area contributed by atoms with E-state index in [4.69, 9.17) is 0 Å². The molecule has 1 amide bonds. The highest BCUT2D eigenvalue weighted by atomic mass is 16.2. The molecule has 1 fully saturated rings. The van der Waals surface area contributed by atoms with E-state index in [0.717, 1.165) is 12.8 Å². The van der Waals surface area contributed by atoms with Crippen molar-refractivity contribution in [2.24, 2.45) is 0 Å². The van der Waals surface area contributed by atoms with Crippen LogP contribution in [0, 0.1) is 6.92 Å². The molecule has 0 saturated heterocycles. The molecule has 0 spiro atoms. The highest BCUT2D eigenvalue weighted by Crippen LogP contribution is 2.25. The van der Waals surface area contributed by atoms with Gasteiger partial charge in [0.05, 0.1) is 6.54 Å². The largest absolute Gasteiger partial charge is 0.342 e. The van der Waals surface area contributed by atoms with Gasteiger partial charge in [-0.15, -0.1) is 0 Å². The molecular formula is C15H22N2O. The Bertz CT molecular complexity index is 409. The van der Waals surface area contributed by atoms with Crippen molar-refractivity contribution in [3.05, 3.63) is 35.4 Å². The fraction of sp³-hybridized carbons (Fsp3) is 0.533. The first-order valence-corrected chi connectivity index (χ1v) is 6.63. The summed E-state index contributed by atoms with van der Waals surface area (Å²) in [5.74, 6) is 0.191. The highest BCUT2D eigenvalue weighted by Gasteiger charge is 2.29. The third kappa shape index (κ3) is 3.33. The number of likely N-dealkylation sites (N-methyl/N-ethyl adjacent to an activating group) is 1. The van der Waals surface area contributed by atoms with Gasteiger partial charge in [0.2, 0.25) is 5.91 Å². The Labute approximate surface area is 109 Å². The summed E-state index contributed by atoms with van der Waals surface area (Å²) in [7, 11) is 1.90. The SMILES string of the molecule is Cc1ccc([C@H](C)NCC(=O)N(C)C2CC2)cc1. The Hall–Kier alpha value is -1.35. The molecule has 3 heteroatoms. The minimum absolute atomic E-state index is 0.191. The van der Waals surface area contributed by atoms with Crippen LogP contribution in [0.4, 0.5) is 0 Å². The smallest absolute Gasteiger partial charge is 0.236 e. The van der Waals surface area contributed by atoms with Crippen LogP contribution in [0.2, 0.25) is 0 Å². The molecule has 3 nitrogen and oxygen atoms in total. The fourth-order valence-corrected chi connectivity index (χ4v) is 2.00. The van der Waals surface area contributed by atoms with Crippen molar-refractivity contribution in [3.8, 4) is 0 Å². The lowest BCUT2D eigenvalue weighted by atomic mass is 10.1. The molecule has 98 valence electrons.